The second-order valence-electron chi connectivity index (χ2n) is 14.1. The molecule has 0 aromatic rings. The first-order valence-corrected chi connectivity index (χ1v) is 28.9. The van der Waals surface area contributed by atoms with Crippen molar-refractivity contribution in [2.75, 3.05) is 6.61 Å². The minimum absolute atomic E-state index is 0.0523. The SMILES string of the molecule is C[Si](C)(C)O[C@@](C(=O)[Si](C)(C)C)([C@@](O[Si](C)(C)C)([C@H](O)[C@H](O)CO)[Si](C)(C)C)[Si](C)(C)C. The van der Waals surface area contributed by atoms with Crippen LogP contribution < -0.4 is 0 Å². The Bertz CT molecular complexity index is 654. The molecule has 0 saturated heterocycles. The molecule has 4 atom stereocenters. The Labute approximate surface area is 202 Å². The first kappa shape index (κ1) is 32.6. The van der Waals surface area contributed by atoms with E-state index in [0.717, 1.165) is 0 Å². The molecule has 0 bridgehead atoms. The summed E-state index contributed by atoms with van der Waals surface area (Å²) >= 11 is 0. The summed E-state index contributed by atoms with van der Waals surface area (Å²) in [6.07, 6.45) is -2.89. The summed E-state index contributed by atoms with van der Waals surface area (Å²) in [5.74, 6) is 0. The Morgan fingerprint density at radius 3 is 1.31 bits per heavy atom. The van der Waals surface area contributed by atoms with E-state index in [0.29, 0.717) is 0 Å². The molecule has 11 heteroatoms. The Morgan fingerprint density at radius 2 is 1.09 bits per heavy atom. The summed E-state index contributed by atoms with van der Waals surface area (Å²) in [5, 5.41) is 29.9. The van der Waals surface area contributed by atoms with Gasteiger partial charge in [0.25, 0.3) is 0 Å². The molecule has 0 fully saturated rings. The van der Waals surface area contributed by atoms with Crippen molar-refractivity contribution in [3.63, 3.8) is 0 Å². The highest BCUT2D eigenvalue weighted by Gasteiger charge is 2.74. The van der Waals surface area contributed by atoms with Crippen molar-refractivity contribution in [3.8, 4) is 0 Å². The van der Waals surface area contributed by atoms with E-state index in [-0.39, 0.29) is 5.41 Å². The molecule has 0 unspecified atom stereocenters. The summed E-state index contributed by atoms with van der Waals surface area (Å²) in [6.45, 7) is 30.4. The van der Waals surface area contributed by atoms with Gasteiger partial charge in [-0.2, -0.15) is 0 Å². The predicted octanol–water partition coefficient (Wildman–Crippen LogP) is 4.08. The highest BCUT2D eigenvalue weighted by molar-refractivity contribution is 7.09. The molecule has 0 aliphatic carbocycles. The normalized spacial score (nSPS) is 20.3. The second kappa shape index (κ2) is 9.90. The van der Waals surface area contributed by atoms with Crippen LogP contribution in [0, 0.1) is 0 Å². The van der Waals surface area contributed by atoms with Crippen molar-refractivity contribution in [1.82, 2.24) is 0 Å². The summed E-state index contributed by atoms with van der Waals surface area (Å²) in [4.78, 5) is 14.7. The first-order chi connectivity index (χ1) is 13.7. The van der Waals surface area contributed by atoms with Crippen molar-refractivity contribution >= 4 is 46.3 Å². The molecular formula is C21H52O6Si5. The smallest absolute Gasteiger partial charge is 0.184 e. The Morgan fingerprint density at radius 1 is 0.719 bits per heavy atom. The van der Waals surface area contributed by atoms with E-state index in [1.54, 1.807) is 0 Å². The number of carbonyl (C=O) groups excluding carboxylic acids is 1. The van der Waals surface area contributed by atoms with Gasteiger partial charge >= 0.3 is 0 Å². The third-order valence-electron chi connectivity index (χ3n) is 5.59. The van der Waals surface area contributed by atoms with E-state index in [9.17, 15) is 20.1 Å². The lowest BCUT2D eigenvalue weighted by Gasteiger charge is -2.65. The highest BCUT2D eigenvalue weighted by Crippen LogP contribution is 2.51. The molecule has 6 nitrogen and oxygen atoms in total. The minimum Gasteiger partial charge on any atom is -0.409 e. The topological polar surface area (TPSA) is 96.2 Å². The maximum absolute atomic E-state index is 14.7. The second-order valence-corrected chi connectivity index (χ2v) is 38.4. The van der Waals surface area contributed by atoms with Crippen molar-refractivity contribution in [3.05, 3.63) is 0 Å². The molecule has 0 rings (SSSR count). The molecule has 32 heavy (non-hydrogen) atoms. The molecule has 0 saturated carbocycles. The van der Waals surface area contributed by atoms with Gasteiger partial charge in [0.15, 0.2) is 16.6 Å². The summed E-state index contributed by atoms with van der Waals surface area (Å²) in [5.41, 5.74) is 0. The predicted molar refractivity (Wildman–Crippen MR) is 148 cm³/mol. The largest absolute Gasteiger partial charge is 0.409 e. The van der Waals surface area contributed by atoms with Crippen LogP contribution in [0.1, 0.15) is 0 Å². The Hall–Kier alpha value is 0.554. The van der Waals surface area contributed by atoms with Crippen molar-refractivity contribution in [2.24, 2.45) is 0 Å². The van der Waals surface area contributed by atoms with Crippen molar-refractivity contribution < 1.29 is 29.0 Å². The molecule has 0 radical (unpaired) electrons. The molecule has 0 aliphatic heterocycles. The lowest BCUT2D eigenvalue weighted by atomic mass is 10.0. The minimum atomic E-state index is -2.65. The fourth-order valence-electron chi connectivity index (χ4n) is 4.65. The van der Waals surface area contributed by atoms with Gasteiger partial charge in [-0.1, -0.05) is 58.9 Å². The fourth-order valence-corrected chi connectivity index (χ4v) is 21.8. The molecule has 0 aromatic heterocycles. The number of hydrogen-bond donors (Lipinski definition) is 3. The van der Waals surface area contributed by atoms with Crippen LogP contribution in [0.5, 0.6) is 0 Å². The van der Waals surface area contributed by atoms with Crippen LogP contribution in [-0.2, 0) is 13.6 Å². The van der Waals surface area contributed by atoms with Crippen LogP contribution in [0.3, 0.4) is 0 Å². The maximum atomic E-state index is 14.7. The molecule has 0 aliphatic rings. The van der Waals surface area contributed by atoms with Crippen molar-refractivity contribution in [2.45, 2.75) is 121 Å². The van der Waals surface area contributed by atoms with Crippen LogP contribution in [0.15, 0.2) is 0 Å². The average molecular weight is 541 g/mol. The van der Waals surface area contributed by atoms with Crippen LogP contribution in [-0.4, -0.2) is 90.8 Å². The van der Waals surface area contributed by atoms with E-state index in [4.69, 9.17) is 8.85 Å². The quantitative estimate of drug-likeness (QED) is 0.323. The zero-order valence-electron chi connectivity index (χ0n) is 23.4. The number of carbonyl (C=O) groups is 1. The molecule has 0 amide bonds. The van der Waals surface area contributed by atoms with Gasteiger partial charge in [0, 0.05) is 0 Å². The third kappa shape index (κ3) is 6.61. The number of aliphatic hydroxyl groups excluding tert-OH is 3. The monoisotopic (exact) mass is 540 g/mol. The molecule has 3 N–H and O–H groups in total. The Kier molecular flexibility index (Phi) is 10.1. The van der Waals surface area contributed by atoms with E-state index in [1.807, 2.05) is 39.3 Å². The van der Waals surface area contributed by atoms with Gasteiger partial charge in [0.2, 0.25) is 0 Å². The van der Waals surface area contributed by atoms with Gasteiger partial charge in [-0.3, -0.25) is 0 Å². The zero-order valence-corrected chi connectivity index (χ0v) is 28.4. The van der Waals surface area contributed by atoms with E-state index in [1.165, 1.54) is 0 Å². The fraction of sp³-hybridized carbons (Fsp3) is 0.952. The van der Waals surface area contributed by atoms with Gasteiger partial charge in [0.1, 0.15) is 36.1 Å². The third-order valence-corrected chi connectivity index (χ3v) is 15.9. The van der Waals surface area contributed by atoms with E-state index in [2.05, 4.69) is 58.9 Å². The van der Waals surface area contributed by atoms with Gasteiger partial charge in [-0.25, -0.2) is 0 Å². The van der Waals surface area contributed by atoms with Crippen LogP contribution in [0.25, 0.3) is 0 Å². The van der Waals surface area contributed by atoms with E-state index < -0.39 is 70.1 Å². The average Bonchev–Trinajstić information content (AvgIpc) is 2.50. The lowest BCUT2D eigenvalue weighted by Crippen LogP contribution is -2.88. The molecule has 0 spiro atoms. The summed E-state index contributed by atoms with van der Waals surface area (Å²) in [7, 11) is -12.5. The lowest BCUT2D eigenvalue weighted by molar-refractivity contribution is -0.160. The van der Waals surface area contributed by atoms with Crippen LogP contribution >= 0.6 is 0 Å². The van der Waals surface area contributed by atoms with Crippen LogP contribution in [0.2, 0.25) is 98.2 Å². The molecule has 0 aromatic carbocycles. The van der Waals surface area contributed by atoms with Gasteiger partial charge in [0.05, 0.1) is 22.8 Å². The standard InChI is InChI=1S/C21H52O6Si5/c1-28(2,3)19(25)21(30(7,8)9,27-32(13,14)15)20(29(4,5)6,26-31(10,11)12)18(24)17(23)16-22/h17-18,22-24H,16H2,1-15H3/t17-,18-,20-,21-/m1/s1. The van der Waals surface area contributed by atoms with Crippen molar-refractivity contribution in [1.29, 1.82) is 0 Å². The zero-order chi connectivity index (χ0) is 26.4. The molecular weight excluding hydrogens is 489 g/mol. The molecule has 0 heterocycles. The number of hydrogen-bond acceptors (Lipinski definition) is 6. The van der Waals surface area contributed by atoms with E-state index >= 15 is 0 Å². The number of rotatable bonds is 12. The van der Waals surface area contributed by atoms with Gasteiger partial charge in [-0.15, -0.1) is 0 Å². The van der Waals surface area contributed by atoms with Crippen LogP contribution in [0.4, 0.5) is 0 Å². The maximum Gasteiger partial charge on any atom is 0.184 e. The summed E-state index contributed by atoms with van der Waals surface area (Å²) in [6, 6.07) is 0. The highest BCUT2D eigenvalue weighted by atomic mass is 28.4. The Balaban J connectivity index is 8.14. The number of aliphatic hydroxyl groups is 3. The van der Waals surface area contributed by atoms with Gasteiger partial charge < -0.3 is 29.0 Å². The first-order valence-electron chi connectivity index (χ1n) is 11.6. The summed E-state index contributed by atoms with van der Waals surface area (Å²) < 4.78 is 14.1. The van der Waals surface area contributed by atoms with Gasteiger partial charge in [-0.05, 0) is 39.3 Å². The molecule has 192 valence electrons.